The van der Waals surface area contributed by atoms with E-state index in [2.05, 4.69) is 6.92 Å². The maximum Gasteiger partial charge on any atom is 0.196 e. The van der Waals surface area contributed by atoms with Crippen molar-refractivity contribution in [1.29, 1.82) is 0 Å². The van der Waals surface area contributed by atoms with E-state index in [1.807, 2.05) is 0 Å². The normalized spacial score (nSPS) is 15.0. The Morgan fingerprint density at radius 1 is 0.880 bits per heavy atom. The number of unbranched alkanes of at least 4 members (excludes halogenated alkanes) is 6. The molecule has 136 valence electrons. The number of carbonyl (C=O) groups is 2. The molecular formula is C20H26O5. The van der Waals surface area contributed by atoms with Crippen LogP contribution in [0.3, 0.4) is 0 Å². The third kappa shape index (κ3) is 4.48. The first-order valence-electron chi connectivity index (χ1n) is 9.01. The van der Waals surface area contributed by atoms with Crippen LogP contribution in [-0.2, 0) is 0 Å². The molecule has 5 heteroatoms. The van der Waals surface area contributed by atoms with Crippen molar-refractivity contribution >= 4 is 11.6 Å². The van der Waals surface area contributed by atoms with Crippen LogP contribution in [0.25, 0.3) is 0 Å². The van der Waals surface area contributed by atoms with Crippen molar-refractivity contribution in [2.24, 2.45) is 0 Å². The van der Waals surface area contributed by atoms with E-state index in [1.165, 1.54) is 37.8 Å². The molecule has 1 aliphatic rings. The van der Waals surface area contributed by atoms with Crippen LogP contribution in [0.1, 0.15) is 79.0 Å². The van der Waals surface area contributed by atoms with Gasteiger partial charge in [-0.05, 0) is 24.6 Å². The number of aliphatic hydroxyl groups is 1. The van der Waals surface area contributed by atoms with Crippen molar-refractivity contribution in [3.8, 4) is 11.5 Å². The molecule has 0 saturated carbocycles. The Kier molecular flexibility index (Phi) is 6.76. The molecule has 0 spiro atoms. The van der Waals surface area contributed by atoms with Gasteiger partial charge in [-0.2, -0.15) is 0 Å². The van der Waals surface area contributed by atoms with Gasteiger partial charge in [0.1, 0.15) is 11.5 Å². The lowest BCUT2D eigenvalue weighted by molar-refractivity contribution is 0.0936. The lowest BCUT2D eigenvalue weighted by Crippen LogP contribution is -2.25. The van der Waals surface area contributed by atoms with E-state index in [0.717, 1.165) is 25.3 Å². The fraction of sp³-hybridized carbons (Fsp3) is 0.500. The first-order chi connectivity index (χ1) is 12.0. The van der Waals surface area contributed by atoms with Gasteiger partial charge in [0, 0.05) is 5.57 Å². The van der Waals surface area contributed by atoms with E-state index >= 15 is 0 Å². The molecule has 0 aromatic heterocycles. The Balaban J connectivity index is 1.97. The molecule has 0 amide bonds. The number of Topliss-reactive ketones (excluding diaryl/α,β-unsaturated/α-hetero) is 1. The number of phenolic OH excluding ortho intramolecular Hbond substituents is 2. The molecule has 1 aliphatic carbocycles. The minimum absolute atomic E-state index is 0.00983. The molecule has 2 rings (SSSR count). The molecule has 5 nitrogen and oxygen atoms in total. The Labute approximate surface area is 148 Å². The van der Waals surface area contributed by atoms with E-state index in [0.29, 0.717) is 6.42 Å². The van der Waals surface area contributed by atoms with Crippen LogP contribution in [0.2, 0.25) is 0 Å². The van der Waals surface area contributed by atoms with E-state index in [4.69, 9.17) is 0 Å². The highest BCUT2D eigenvalue weighted by molar-refractivity contribution is 6.26. The van der Waals surface area contributed by atoms with Crippen molar-refractivity contribution in [3.63, 3.8) is 0 Å². The summed E-state index contributed by atoms with van der Waals surface area (Å²) in [5, 5.41) is 30.0. The number of aliphatic hydroxyl groups excluding tert-OH is 1. The van der Waals surface area contributed by atoms with Crippen molar-refractivity contribution < 1.29 is 24.9 Å². The molecule has 0 saturated heterocycles. The number of ketones is 2. The molecule has 1 aromatic rings. The van der Waals surface area contributed by atoms with Crippen LogP contribution in [-0.4, -0.2) is 33.0 Å². The fourth-order valence-corrected chi connectivity index (χ4v) is 3.18. The number of hydrogen-bond acceptors (Lipinski definition) is 5. The number of rotatable bonds is 9. The number of phenols is 2. The highest BCUT2D eigenvalue weighted by atomic mass is 16.3. The minimum atomic E-state index is -1.04. The fourth-order valence-electron chi connectivity index (χ4n) is 3.18. The van der Waals surface area contributed by atoms with Crippen LogP contribution in [0.15, 0.2) is 23.8 Å². The van der Waals surface area contributed by atoms with Crippen LogP contribution in [0, 0.1) is 0 Å². The Hall–Kier alpha value is -2.14. The van der Waals surface area contributed by atoms with Gasteiger partial charge < -0.3 is 15.3 Å². The summed E-state index contributed by atoms with van der Waals surface area (Å²) in [6.45, 7) is 2.17. The predicted molar refractivity (Wildman–Crippen MR) is 95.1 cm³/mol. The first-order valence-corrected chi connectivity index (χ1v) is 9.01. The summed E-state index contributed by atoms with van der Waals surface area (Å²) in [6, 6.07) is 2.35. The zero-order valence-corrected chi connectivity index (χ0v) is 14.6. The number of fused-ring (bicyclic) bond motifs is 1. The Bertz CT molecular complexity index is 675. The number of hydrogen-bond donors (Lipinski definition) is 3. The van der Waals surface area contributed by atoms with E-state index in [-0.39, 0.29) is 28.2 Å². The summed E-state index contributed by atoms with van der Waals surface area (Å²) in [5.74, 6) is -1.88. The molecule has 0 bridgehead atoms. The largest absolute Gasteiger partial charge is 0.507 e. The van der Waals surface area contributed by atoms with E-state index in [9.17, 15) is 24.9 Å². The SMILES string of the molecule is CCCCCCCCCC(O)C1=CC(=O)c2c(O)ccc(O)c2C1=O. The third-order valence-electron chi connectivity index (χ3n) is 4.62. The topological polar surface area (TPSA) is 94.8 Å². The van der Waals surface area contributed by atoms with Crippen LogP contribution in [0.5, 0.6) is 11.5 Å². The molecule has 0 radical (unpaired) electrons. The Morgan fingerprint density at radius 3 is 2.08 bits per heavy atom. The Morgan fingerprint density at radius 2 is 1.44 bits per heavy atom. The molecular weight excluding hydrogens is 320 g/mol. The zero-order valence-electron chi connectivity index (χ0n) is 14.6. The van der Waals surface area contributed by atoms with Gasteiger partial charge in [0.05, 0.1) is 17.2 Å². The first kappa shape index (κ1) is 19.2. The van der Waals surface area contributed by atoms with Crippen LogP contribution >= 0.6 is 0 Å². The number of allylic oxidation sites excluding steroid dienone is 1. The van der Waals surface area contributed by atoms with E-state index < -0.39 is 17.7 Å². The summed E-state index contributed by atoms with van der Waals surface area (Å²) < 4.78 is 0. The second-order valence-electron chi connectivity index (χ2n) is 6.57. The van der Waals surface area contributed by atoms with Gasteiger partial charge in [0.25, 0.3) is 0 Å². The zero-order chi connectivity index (χ0) is 18.4. The monoisotopic (exact) mass is 346 g/mol. The predicted octanol–water partition coefficient (Wildman–Crippen LogP) is 3.90. The van der Waals surface area contributed by atoms with Crippen molar-refractivity contribution in [2.45, 2.75) is 64.4 Å². The quantitative estimate of drug-likeness (QED) is 0.465. The molecule has 1 unspecified atom stereocenters. The van der Waals surface area contributed by atoms with Crippen molar-refractivity contribution in [3.05, 3.63) is 34.9 Å². The van der Waals surface area contributed by atoms with Gasteiger partial charge in [0.2, 0.25) is 0 Å². The smallest absolute Gasteiger partial charge is 0.196 e. The number of carbonyl (C=O) groups excluding carboxylic acids is 2. The average Bonchev–Trinajstić information content (AvgIpc) is 2.59. The standard InChI is InChI=1S/C20H26O5/c1-2-3-4-5-6-7-8-9-14(21)13-12-17(24)18-15(22)10-11-16(23)19(18)20(13)25/h10-12,14,21-23H,2-9H2,1H3. The lowest BCUT2D eigenvalue weighted by Gasteiger charge is -2.20. The summed E-state index contributed by atoms with van der Waals surface area (Å²) in [4.78, 5) is 24.7. The lowest BCUT2D eigenvalue weighted by atomic mass is 9.85. The molecule has 0 aliphatic heterocycles. The number of aromatic hydroxyl groups is 2. The molecule has 1 atom stereocenters. The molecule has 0 fully saturated rings. The highest BCUT2D eigenvalue weighted by Gasteiger charge is 2.33. The van der Waals surface area contributed by atoms with Gasteiger partial charge in [-0.1, -0.05) is 51.9 Å². The summed E-state index contributed by atoms with van der Waals surface area (Å²) in [5.41, 5.74) is -0.428. The average molecular weight is 346 g/mol. The third-order valence-corrected chi connectivity index (χ3v) is 4.62. The van der Waals surface area contributed by atoms with Gasteiger partial charge in [-0.25, -0.2) is 0 Å². The molecule has 0 heterocycles. The highest BCUT2D eigenvalue weighted by Crippen LogP contribution is 2.35. The van der Waals surface area contributed by atoms with Crippen LogP contribution in [0.4, 0.5) is 0 Å². The van der Waals surface area contributed by atoms with Gasteiger partial charge in [-0.3, -0.25) is 9.59 Å². The number of benzene rings is 1. The maximum atomic E-state index is 12.5. The maximum absolute atomic E-state index is 12.5. The van der Waals surface area contributed by atoms with Crippen LogP contribution < -0.4 is 0 Å². The van der Waals surface area contributed by atoms with Crippen molar-refractivity contribution in [1.82, 2.24) is 0 Å². The summed E-state index contributed by atoms with van der Waals surface area (Å²) in [7, 11) is 0. The second-order valence-corrected chi connectivity index (χ2v) is 6.57. The van der Waals surface area contributed by atoms with Gasteiger partial charge in [-0.15, -0.1) is 0 Å². The summed E-state index contributed by atoms with van der Waals surface area (Å²) in [6.07, 6.45) is 8.10. The molecule has 25 heavy (non-hydrogen) atoms. The molecule has 1 aromatic carbocycles. The minimum Gasteiger partial charge on any atom is -0.507 e. The summed E-state index contributed by atoms with van der Waals surface area (Å²) >= 11 is 0. The molecule has 3 N–H and O–H groups in total. The van der Waals surface area contributed by atoms with E-state index in [1.54, 1.807) is 0 Å². The van der Waals surface area contributed by atoms with Crippen molar-refractivity contribution in [2.75, 3.05) is 0 Å². The second kappa shape index (κ2) is 8.81. The van der Waals surface area contributed by atoms with Gasteiger partial charge >= 0.3 is 0 Å². The van der Waals surface area contributed by atoms with Gasteiger partial charge in [0.15, 0.2) is 11.6 Å².